The van der Waals surface area contributed by atoms with Gasteiger partial charge in [-0.3, -0.25) is 19.2 Å². The summed E-state index contributed by atoms with van der Waals surface area (Å²) in [6.45, 7) is 13.9. The first kappa shape index (κ1) is 44.6. The topological polar surface area (TPSA) is 167 Å². The number of methoxy groups -OCH3 is 2. The van der Waals surface area contributed by atoms with E-state index in [9.17, 15) is 29.1 Å². The van der Waals surface area contributed by atoms with Crippen molar-refractivity contribution in [3.05, 3.63) is 35.9 Å². The van der Waals surface area contributed by atoms with Crippen LogP contribution in [0.5, 0.6) is 0 Å². The normalized spacial score (nSPS) is 19.2. The van der Waals surface area contributed by atoms with Gasteiger partial charge in [0.15, 0.2) is 0 Å². The number of nitrogens with zero attached hydrogens (tertiary/aromatic N) is 2. The maximum absolute atomic E-state index is 14.1. The molecule has 1 aromatic carbocycles. The molecule has 0 aromatic heterocycles. The summed E-state index contributed by atoms with van der Waals surface area (Å²) < 4.78 is 11.8. The molecule has 1 saturated heterocycles. The summed E-state index contributed by atoms with van der Waals surface area (Å²) in [6.07, 6.45) is 0.818. The highest BCUT2D eigenvalue weighted by Gasteiger charge is 2.43. The van der Waals surface area contributed by atoms with Crippen molar-refractivity contribution >= 4 is 29.6 Å². The summed E-state index contributed by atoms with van der Waals surface area (Å²) in [5.41, 5.74) is 0.785. The molecule has 0 unspecified atom stereocenters. The van der Waals surface area contributed by atoms with Crippen LogP contribution in [-0.4, -0.2) is 122 Å². The van der Waals surface area contributed by atoms with Crippen LogP contribution >= 0.6 is 0 Å². The van der Waals surface area contributed by atoms with Gasteiger partial charge < -0.3 is 40.3 Å². The number of likely N-dealkylation sites (N-methyl/N-ethyl adjacent to an activating group) is 2. The Kier molecular flexibility index (Phi) is 18.2. The fourth-order valence-electron chi connectivity index (χ4n) is 7.40. The fraction of sp³-hybridized carbons (Fsp3) is 0.718. The highest BCUT2D eigenvalue weighted by molar-refractivity contribution is 5.90. The lowest BCUT2D eigenvalue weighted by Gasteiger charge is -2.41. The highest BCUT2D eigenvalue weighted by Crippen LogP contribution is 2.29. The van der Waals surface area contributed by atoms with Gasteiger partial charge in [0.05, 0.1) is 42.7 Å². The first-order valence-electron chi connectivity index (χ1n) is 18.7. The molecule has 1 aliphatic heterocycles. The Bertz CT molecular complexity index is 1310. The largest absolute Gasteiger partial charge is 0.480 e. The highest BCUT2D eigenvalue weighted by atomic mass is 16.5. The Morgan fingerprint density at radius 1 is 0.923 bits per heavy atom. The molecule has 13 heteroatoms. The summed E-state index contributed by atoms with van der Waals surface area (Å²) in [5.74, 6) is -3.27. The van der Waals surface area contributed by atoms with Gasteiger partial charge in [-0.05, 0) is 43.2 Å². The lowest BCUT2D eigenvalue weighted by atomic mass is 9.89. The maximum Gasteiger partial charge on any atom is 0.326 e. The predicted octanol–water partition coefficient (Wildman–Crippen LogP) is 3.10. The molecule has 1 aliphatic rings. The number of likely N-dealkylation sites (tertiary alicyclic amines) is 1. The Morgan fingerprint density at radius 2 is 1.54 bits per heavy atom. The summed E-state index contributed by atoms with van der Waals surface area (Å²) >= 11 is 0. The second-order valence-corrected chi connectivity index (χ2v) is 14.9. The van der Waals surface area contributed by atoms with Gasteiger partial charge in [-0.2, -0.15) is 0 Å². The summed E-state index contributed by atoms with van der Waals surface area (Å²) in [5, 5.41) is 18.5. The van der Waals surface area contributed by atoms with E-state index < -0.39 is 60.2 Å². The molecule has 4 N–H and O–H groups in total. The van der Waals surface area contributed by atoms with E-state index in [-0.39, 0.29) is 48.3 Å². The van der Waals surface area contributed by atoms with Crippen LogP contribution in [0.25, 0.3) is 0 Å². The minimum atomic E-state index is -1.14. The van der Waals surface area contributed by atoms with E-state index in [1.165, 1.54) is 14.2 Å². The van der Waals surface area contributed by atoms with Crippen LogP contribution in [-0.2, 0) is 39.9 Å². The molecule has 1 aromatic rings. The SMILES string of the molecule is CC[C@H](C)[C@H]([C@H](CC(=O)N1CCC[C@@H]1[C@H](OC)[C@H](C)C(=O)N[C@H](Cc1ccccc1)C(=O)O)OC)N(C)C(=O)[C@H](NC(=O)[C@H](NC)C(C)C)C(C)C. The van der Waals surface area contributed by atoms with Crippen molar-refractivity contribution in [2.75, 3.05) is 34.9 Å². The minimum absolute atomic E-state index is 0.0112. The molecule has 9 atom stereocenters. The Labute approximate surface area is 310 Å². The molecule has 13 nitrogen and oxygen atoms in total. The number of nitrogens with one attached hydrogen (secondary N) is 3. The molecular weight excluding hydrogens is 666 g/mol. The third-order valence-corrected chi connectivity index (χ3v) is 10.6. The van der Waals surface area contributed by atoms with Gasteiger partial charge in [0.1, 0.15) is 12.1 Å². The summed E-state index contributed by atoms with van der Waals surface area (Å²) in [6, 6.07) is 5.84. The maximum atomic E-state index is 14.1. The van der Waals surface area contributed by atoms with Crippen LogP contribution in [0.1, 0.15) is 79.7 Å². The van der Waals surface area contributed by atoms with E-state index in [2.05, 4.69) is 16.0 Å². The van der Waals surface area contributed by atoms with Crippen LogP contribution in [0.3, 0.4) is 0 Å². The zero-order valence-corrected chi connectivity index (χ0v) is 33.2. The molecule has 1 heterocycles. The van der Waals surface area contributed by atoms with Gasteiger partial charge >= 0.3 is 5.97 Å². The molecule has 52 heavy (non-hydrogen) atoms. The van der Waals surface area contributed by atoms with E-state index in [1.807, 2.05) is 71.9 Å². The first-order chi connectivity index (χ1) is 24.5. The van der Waals surface area contributed by atoms with Crippen molar-refractivity contribution in [3.63, 3.8) is 0 Å². The van der Waals surface area contributed by atoms with Crippen LogP contribution in [0.2, 0.25) is 0 Å². The zero-order valence-electron chi connectivity index (χ0n) is 33.2. The molecular formula is C39H65N5O8. The lowest BCUT2D eigenvalue weighted by molar-refractivity contribution is -0.148. The van der Waals surface area contributed by atoms with Gasteiger partial charge in [0.25, 0.3) is 0 Å². The number of aliphatic carboxylic acids is 1. The fourth-order valence-corrected chi connectivity index (χ4v) is 7.40. The molecule has 294 valence electrons. The molecule has 0 bridgehead atoms. The van der Waals surface area contributed by atoms with E-state index in [0.29, 0.717) is 19.4 Å². The van der Waals surface area contributed by atoms with Gasteiger partial charge in [-0.1, -0.05) is 85.2 Å². The third-order valence-electron chi connectivity index (χ3n) is 10.6. The zero-order chi connectivity index (χ0) is 39.3. The quantitative estimate of drug-likeness (QED) is 0.149. The number of hydrogen-bond donors (Lipinski definition) is 4. The average Bonchev–Trinajstić information content (AvgIpc) is 3.59. The lowest BCUT2D eigenvalue weighted by Crippen LogP contribution is -2.59. The summed E-state index contributed by atoms with van der Waals surface area (Å²) in [4.78, 5) is 70.3. The molecule has 0 spiro atoms. The second-order valence-electron chi connectivity index (χ2n) is 14.9. The van der Waals surface area contributed by atoms with Crippen LogP contribution in [0.4, 0.5) is 0 Å². The van der Waals surface area contributed by atoms with E-state index in [4.69, 9.17) is 9.47 Å². The molecule has 0 saturated carbocycles. The van der Waals surface area contributed by atoms with Gasteiger partial charge in [-0.25, -0.2) is 4.79 Å². The number of carbonyl (C=O) groups is 5. The van der Waals surface area contributed by atoms with Crippen molar-refractivity contribution in [3.8, 4) is 0 Å². The molecule has 0 aliphatic carbocycles. The summed E-state index contributed by atoms with van der Waals surface area (Å²) in [7, 11) is 6.46. The van der Waals surface area contributed by atoms with Crippen LogP contribution < -0.4 is 16.0 Å². The van der Waals surface area contributed by atoms with Gasteiger partial charge in [-0.15, -0.1) is 0 Å². The standard InChI is InChI=1S/C39H65N5O8/c1-12-25(6)34(43(9)38(48)33(24(4)5)42-37(47)32(40-8)23(2)3)30(51-10)22-31(45)44-20-16-19-29(44)35(52-11)26(7)36(46)41-28(39(49)50)21-27-17-14-13-15-18-27/h13-15,17-18,23-26,28-30,32-35,40H,12,16,19-22H2,1-11H3,(H,41,46)(H,42,47)(H,49,50)/t25-,26-,28+,29+,30-,32+,33+,34+,35+/m0/s1. The van der Waals surface area contributed by atoms with Gasteiger partial charge in [0, 0.05) is 34.2 Å². The number of carboxylic acid groups (broad SMARTS) is 1. The van der Waals surface area contributed by atoms with Crippen LogP contribution in [0.15, 0.2) is 30.3 Å². The van der Waals surface area contributed by atoms with E-state index in [1.54, 1.807) is 30.8 Å². The van der Waals surface area contributed by atoms with Crippen molar-refractivity contribution in [2.24, 2.45) is 23.7 Å². The number of amides is 4. The number of ether oxygens (including phenoxy) is 2. The van der Waals surface area contributed by atoms with Crippen molar-refractivity contribution < 1.29 is 38.6 Å². The first-order valence-corrected chi connectivity index (χ1v) is 18.7. The van der Waals surface area contributed by atoms with Crippen molar-refractivity contribution in [2.45, 2.75) is 123 Å². The van der Waals surface area contributed by atoms with Gasteiger partial charge in [0.2, 0.25) is 23.6 Å². The predicted molar refractivity (Wildman–Crippen MR) is 200 cm³/mol. The molecule has 0 radical (unpaired) electrons. The molecule has 1 fully saturated rings. The minimum Gasteiger partial charge on any atom is -0.480 e. The number of benzene rings is 1. The Balaban J connectivity index is 2.26. The smallest absolute Gasteiger partial charge is 0.326 e. The molecule has 4 amide bonds. The number of carbonyl (C=O) groups excluding carboxylic acids is 4. The monoisotopic (exact) mass is 731 g/mol. The third kappa shape index (κ3) is 11.7. The van der Waals surface area contributed by atoms with Crippen molar-refractivity contribution in [1.82, 2.24) is 25.8 Å². The van der Waals surface area contributed by atoms with Crippen LogP contribution in [0, 0.1) is 23.7 Å². The number of rotatable bonds is 21. The average molecular weight is 732 g/mol. The Morgan fingerprint density at radius 3 is 2.04 bits per heavy atom. The number of hydrogen-bond acceptors (Lipinski definition) is 8. The van der Waals surface area contributed by atoms with Crippen molar-refractivity contribution in [1.29, 1.82) is 0 Å². The number of carboxylic acids is 1. The second kappa shape index (κ2) is 21.2. The van der Waals surface area contributed by atoms with E-state index in [0.717, 1.165) is 12.0 Å². The van der Waals surface area contributed by atoms with E-state index >= 15 is 0 Å². The Hall–Kier alpha value is -3.55. The molecule has 2 rings (SSSR count).